The molecule has 0 atom stereocenters. The van der Waals surface area contributed by atoms with Crippen LogP contribution in [0.3, 0.4) is 0 Å². The molecule has 0 radical (unpaired) electrons. The van der Waals surface area contributed by atoms with Gasteiger partial charge in [-0.25, -0.2) is 9.67 Å². The SMILES string of the molecule is COc1ccc(C#CCCO)cc1Cn1nc(C)nc1C. The van der Waals surface area contributed by atoms with Gasteiger partial charge < -0.3 is 9.84 Å². The van der Waals surface area contributed by atoms with Crippen molar-refractivity contribution < 1.29 is 9.84 Å². The number of aromatic nitrogens is 3. The number of ether oxygens (including phenoxy) is 1. The van der Waals surface area contributed by atoms with Crippen molar-refractivity contribution in [2.45, 2.75) is 26.8 Å². The molecular formula is C16H19N3O2. The number of aliphatic hydroxyl groups is 1. The molecule has 0 amide bonds. The van der Waals surface area contributed by atoms with Crippen molar-refractivity contribution in [2.24, 2.45) is 0 Å². The van der Waals surface area contributed by atoms with E-state index in [0.717, 1.165) is 28.5 Å². The van der Waals surface area contributed by atoms with Crippen LogP contribution in [-0.2, 0) is 6.54 Å². The number of methoxy groups -OCH3 is 1. The highest BCUT2D eigenvalue weighted by atomic mass is 16.5. The highest BCUT2D eigenvalue weighted by molar-refractivity contribution is 5.44. The van der Waals surface area contributed by atoms with E-state index < -0.39 is 0 Å². The minimum atomic E-state index is 0.0768. The molecule has 5 nitrogen and oxygen atoms in total. The molecule has 1 aromatic carbocycles. The molecule has 0 saturated heterocycles. The molecule has 0 bridgehead atoms. The van der Waals surface area contributed by atoms with Gasteiger partial charge in [-0.1, -0.05) is 11.8 Å². The molecule has 2 rings (SSSR count). The summed E-state index contributed by atoms with van der Waals surface area (Å²) in [6.07, 6.45) is 0.475. The summed E-state index contributed by atoms with van der Waals surface area (Å²) in [5, 5.41) is 13.1. The lowest BCUT2D eigenvalue weighted by Crippen LogP contribution is -2.06. The topological polar surface area (TPSA) is 60.2 Å². The summed E-state index contributed by atoms with van der Waals surface area (Å²) in [5.74, 6) is 8.37. The molecule has 2 aromatic rings. The summed E-state index contributed by atoms with van der Waals surface area (Å²) in [4.78, 5) is 4.30. The predicted octanol–water partition coefficient (Wildman–Crippen LogP) is 1.69. The normalized spacial score (nSPS) is 10.1. The van der Waals surface area contributed by atoms with Crippen LogP contribution in [0.2, 0.25) is 0 Å². The van der Waals surface area contributed by atoms with Crippen LogP contribution in [0.5, 0.6) is 5.75 Å². The van der Waals surface area contributed by atoms with Crippen LogP contribution in [-0.4, -0.2) is 33.6 Å². The van der Waals surface area contributed by atoms with Gasteiger partial charge in [0.15, 0.2) is 0 Å². The van der Waals surface area contributed by atoms with E-state index in [4.69, 9.17) is 9.84 Å². The van der Waals surface area contributed by atoms with E-state index in [-0.39, 0.29) is 6.61 Å². The Hall–Kier alpha value is -2.32. The number of aryl methyl sites for hydroxylation is 2. The fourth-order valence-electron chi connectivity index (χ4n) is 2.07. The van der Waals surface area contributed by atoms with Crippen LogP contribution in [0, 0.1) is 25.7 Å². The predicted molar refractivity (Wildman–Crippen MR) is 80.2 cm³/mol. The second-order valence-corrected chi connectivity index (χ2v) is 4.67. The average molecular weight is 285 g/mol. The summed E-state index contributed by atoms with van der Waals surface area (Å²) < 4.78 is 7.24. The van der Waals surface area contributed by atoms with Gasteiger partial charge in [0, 0.05) is 17.5 Å². The molecule has 0 aliphatic heterocycles. The highest BCUT2D eigenvalue weighted by Crippen LogP contribution is 2.21. The molecule has 21 heavy (non-hydrogen) atoms. The van der Waals surface area contributed by atoms with Gasteiger partial charge >= 0.3 is 0 Å². The van der Waals surface area contributed by atoms with Gasteiger partial charge in [-0.05, 0) is 32.0 Å². The first-order valence-electron chi connectivity index (χ1n) is 6.78. The fraction of sp³-hybridized carbons (Fsp3) is 0.375. The number of aliphatic hydroxyl groups excluding tert-OH is 1. The zero-order valence-corrected chi connectivity index (χ0v) is 12.6. The molecule has 1 N–H and O–H groups in total. The van der Waals surface area contributed by atoms with Crippen molar-refractivity contribution in [3.8, 4) is 17.6 Å². The maximum Gasteiger partial charge on any atom is 0.147 e. The smallest absolute Gasteiger partial charge is 0.147 e. The van der Waals surface area contributed by atoms with E-state index in [1.807, 2.05) is 36.7 Å². The number of hydrogen-bond donors (Lipinski definition) is 1. The molecule has 0 saturated carbocycles. The van der Waals surface area contributed by atoms with Crippen molar-refractivity contribution in [3.63, 3.8) is 0 Å². The third-order valence-electron chi connectivity index (χ3n) is 3.03. The number of hydrogen-bond acceptors (Lipinski definition) is 4. The van der Waals surface area contributed by atoms with Gasteiger partial charge in [0.1, 0.15) is 17.4 Å². The molecular weight excluding hydrogens is 266 g/mol. The van der Waals surface area contributed by atoms with Crippen LogP contribution < -0.4 is 4.74 Å². The largest absolute Gasteiger partial charge is 0.496 e. The van der Waals surface area contributed by atoms with E-state index in [1.54, 1.807) is 7.11 Å². The zero-order valence-electron chi connectivity index (χ0n) is 12.6. The second-order valence-electron chi connectivity index (χ2n) is 4.67. The summed E-state index contributed by atoms with van der Waals surface area (Å²) in [6, 6.07) is 5.79. The van der Waals surface area contributed by atoms with Gasteiger partial charge in [0.25, 0.3) is 0 Å². The van der Waals surface area contributed by atoms with Gasteiger partial charge in [-0.15, -0.1) is 0 Å². The standard InChI is InChI=1S/C16H19N3O2/c1-12-17-13(2)19(18-12)11-15-10-14(6-4-5-9-20)7-8-16(15)21-3/h7-8,10,20H,5,9,11H2,1-3H3. The second kappa shape index (κ2) is 6.91. The molecule has 0 fully saturated rings. The molecule has 5 heteroatoms. The van der Waals surface area contributed by atoms with Gasteiger partial charge in [0.2, 0.25) is 0 Å². The van der Waals surface area contributed by atoms with Crippen LogP contribution in [0.15, 0.2) is 18.2 Å². The molecule has 0 aliphatic rings. The Balaban J connectivity index is 2.30. The van der Waals surface area contributed by atoms with E-state index in [0.29, 0.717) is 13.0 Å². The lowest BCUT2D eigenvalue weighted by Gasteiger charge is -2.10. The van der Waals surface area contributed by atoms with Crippen LogP contribution in [0.1, 0.15) is 29.2 Å². The maximum atomic E-state index is 8.77. The van der Waals surface area contributed by atoms with E-state index in [2.05, 4.69) is 21.9 Å². The van der Waals surface area contributed by atoms with Crippen LogP contribution in [0.25, 0.3) is 0 Å². The minimum absolute atomic E-state index is 0.0768. The Bertz CT molecular complexity index is 681. The van der Waals surface area contributed by atoms with E-state index in [9.17, 15) is 0 Å². The van der Waals surface area contributed by atoms with Gasteiger partial charge in [-0.2, -0.15) is 5.10 Å². The fourth-order valence-corrected chi connectivity index (χ4v) is 2.07. The van der Waals surface area contributed by atoms with Crippen LogP contribution >= 0.6 is 0 Å². The molecule has 0 unspecified atom stereocenters. The Morgan fingerprint density at radius 3 is 2.76 bits per heavy atom. The van der Waals surface area contributed by atoms with Crippen LogP contribution in [0.4, 0.5) is 0 Å². The summed E-state index contributed by atoms with van der Waals surface area (Å²) in [6.45, 7) is 4.47. The lowest BCUT2D eigenvalue weighted by molar-refractivity contribution is 0.305. The van der Waals surface area contributed by atoms with E-state index in [1.165, 1.54) is 0 Å². The molecule has 1 aromatic heterocycles. The first kappa shape index (κ1) is 15.1. The third kappa shape index (κ3) is 3.83. The Kier molecular flexibility index (Phi) is 4.96. The van der Waals surface area contributed by atoms with Crippen molar-refractivity contribution in [1.82, 2.24) is 14.8 Å². The van der Waals surface area contributed by atoms with Crippen molar-refractivity contribution >= 4 is 0 Å². The van der Waals surface area contributed by atoms with Crippen molar-refractivity contribution in [2.75, 3.05) is 13.7 Å². The van der Waals surface area contributed by atoms with E-state index >= 15 is 0 Å². The Labute approximate surface area is 124 Å². The van der Waals surface area contributed by atoms with Gasteiger partial charge in [-0.3, -0.25) is 0 Å². The molecule has 110 valence electrons. The molecule has 0 spiro atoms. The van der Waals surface area contributed by atoms with Crippen molar-refractivity contribution in [1.29, 1.82) is 0 Å². The first-order valence-corrected chi connectivity index (χ1v) is 6.78. The maximum absolute atomic E-state index is 8.77. The summed E-state index contributed by atoms with van der Waals surface area (Å²) in [7, 11) is 1.65. The third-order valence-corrected chi connectivity index (χ3v) is 3.03. The first-order chi connectivity index (χ1) is 10.1. The summed E-state index contributed by atoms with van der Waals surface area (Å²) in [5.41, 5.74) is 1.90. The molecule has 1 heterocycles. The number of rotatable bonds is 4. The highest BCUT2D eigenvalue weighted by Gasteiger charge is 2.08. The quantitative estimate of drug-likeness (QED) is 0.868. The number of nitrogens with zero attached hydrogens (tertiary/aromatic N) is 3. The van der Waals surface area contributed by atoms with Gasteiger partial charge in [0.05, 0.1) is 20.3 Å². The monoisotopic (exact) mass is 285 g/mol. The average Bonchev–Trinajstić information content (AvgIpc) is 2.77. The van der Waals surface area contributed by atoms with Crippen molar-refractivity contribution in [3.05, 3.63) is 41.0 Å². The summed E-state index contributed by atoms with van der Waals surface area (Å²) >= 11 is 0. The minimum Gasteiger partial charge on any atom is -0.496 e. The molecule has 0 aliphatic carbocycles. The lowest BCUT2D eigenvalue weighted by atomic mass is 10.1. The Morgan fingerprint density at radius 2 is 2.14 bits per heavy atom. The number of benzene rings is 1. The zero-order chi connectivity index (χ0) is 15.2. The Morgan fingerprint density at radius 1 is 1.33 bits per heavy atom.